The number of alkyl halides is 3. The van der Waals surface area contributed by atoms with Gasteiger partial charge in [-0.25, -0.2) is 4.98 Å². The highest BCUT2D eigenvalue weighted by Gasteiger charge is 2.39. The fraction of sp³-hybridized carbons (Fsp3) is 0.125. The molecule has 25 heavy (non-hydrogen) atoms. The SMILES string of the molecule is Cc1cc(-n2ncc(C#N)c2NC(=O)C(F)(F)F)nc2ccccc12. The summed E-state index contributed by atoms with van der Waals surface area (Å²) < 4.78 is 38.6. The van der Waals surface area contributed by atoms with Crippen molar-refractivity contribution >= 4 is 22.6 Å². The molecule has 2 heterocycles. The predicted molar refractivity (Wildman–Crippen MR) is 83.0 cm³/mol. The Morgan fingerprint density at radius 1 is 1.32 bits per heavy atom. The molecule has 0 atom stereocenters. The van der Waals surface area contributed by atoms with Crippen molar-refractivity contribution in [2.45, 2.75) is 13.1 Å². The van der Waals surface area contributed by atoms with E-state index in [1.165, 1.54) is 0 Å². The first-order valence-electron chi connectivity index (χ1n) is 7.04. The van der Waals surface area contributed by atoms with Crippen LogP contribution in [-0.2, 0) is 4.79 Å². The van der Waals surface area contributed by atoms with Crippen LogP contribution in [0.2, 0.25) is 0 Å². The number of carbonyl (C=O) groups is 1. The Bertz CT molecular complexity index is 1020. The molecule has 0 spiro atoms. The van der Waals surface area contributed by atoms with Crippen LogP contribution in [0, 0.1) is 18.3 Å². The Balaban J connectivity index is 2.14. The number of nitriles is 1. The first-order chi connectivity index (χ1) is 11.8. The summed E-state index contributed by atoms with van der Waals surface area (Å²) in [7, 11) is 0. The largest absolute Gasteiger partial charge is 0.471 e. The summed E-state index contributed by atoms with van der Waals surface area (Å²) in [6.07, 6.45) is -4.02. The van der Waals surface area contributed by atoms with E-state index < -0.39 is 12.1 Å². The van der Waals surface area contributed by atoms with Gasteiger partial charge in [0.2, 0.25) is 0 Å². The lowest BCUT2D eigenvalue weighted by molar-refractivity contribution is -0.167. The fourth-order valence-electron chi connectivity index (χ4n) is 2.34. The van der Waals surface area contributed by atoms with Crippen molar-refractivity contribution in [3.63, 3.8) is 0 Å². The number of hydrogen-bond acceptors (Lipinski definition) is 4. The molecule has 0 aliphatic carbocycles. The van der Waals surface area contributed by atoms with Crippen LogP contribution in [0.1, 0.15) is 11.1 Å². The number of hydrogen-bond donors (Lipinski definition) is 1. The maximum Gasteiger partial charge on any atom is 0.471 e. The zero-order chi connectivity index (χ0) is 18.2. The Morgan fingerprint density at radius 3 is 2.72 bits per heavy atom. The number of benzene rings is 1. The van der Waals surface area contributed by atoms with Gasteiger partial charge < -0.3 is 5.32 Å². The van der Waals surface area contributed by atoms with Crippen LogP contribution in [0.25, 0.3) is 16.7 Å². The van der Waals surface area contributed by atoms with Gasteiger partial charge in [0.05, 0.1) is 11.7 Å². The number of halogens is 3. The molecule has 3 aromatic rings. The summed E-state index contributed by atoms with van der Waals surface area (Å²) in [5.74, 6) is -2.38. The van der Waals surface area contributed by atoms with E-state index in [0.717, 1.165) is 21.8 Å². The Hall–Kier alpha value is -3.41. The summed E-state index contributed by atoms with van der Waals surface area (Å²) in [5.41, 5.74) is 1.23. The molecule has 0 bridgehead atoms. The van der Waals surface area contributed by atoms with Crippen molar-refractivity contribution in [1.29, 1.82) is 5.26 Å². The van der Waals surface area contributed by atoms with E-state index in [9.17, 15) is 18.0 Å². The molecule has 9 heteroatoms. The maximum atomic E-state index is 12.5. The average Bonchev–Trinajstić information content (AvgIpc) is 2.96. The lowest BCUT2D eigenvalue weighted by Crippen LogP contribution is -2.31. The van der Waals surface area contributed by atoms with Gasteiger partial charge >= 0.3 is 12.1 Å². The fourth-order valence-corrected chi connectivity index (χ4v) is 2.34. The highest BCUT2D eigenvalue weighted by Crippen LogP contribution is 2.25. The second-order valence-corrected chi connectivity index (χ2v) is 5.20. The number of aryl methyl sites for hydroxylation is 1. The normalized spacial score (nSPS) is 11.3. The van der Waals surface area contributed by atoms with Crippen molar-refractivity contribution in [1.82, 2.24) is 14.8 Å². The Labute approximate surface area is 139 Å². The van der Waals surface area contributed by atoms with Crippen LogP contribution >= 0.6 is 0 Å². The molecule has 6 nitrogen and oxygen atoms in total. The van der Waals surface area contributed by atoms with Gasteiger partial charge in [-0.05, 0) is 24.6 Å². The summed E-state index contributed by atoms with van der Waals surface area (Å²) in [6, 6.07) is 10.5. The average molecular weight is 345 g/mol. The van der Waals surface area contributed by atoms with Crippen LogP contribution < -0.4 is 5.32 Å². The molecule has 2 aromatic heterocycles. The van der Waals surface area contributed by atoms with Gasteiger partial charge in [0.15, 0.2) is 11.6 Å². The second-order valence-electron chi connectivity index (χ2n) is 5.20. The Morgan fingerprint density at radius 2 is 2.04 bits per heavy atom. The van der Waals surface area contributed by atoms with Crippen LogP contribution in [0.15, 0.2) is 36.5 Å². The number of rotatable bonds is 2. The molecule has 1 N–H and O–H groups in total. The number of fused-ring (bicyclic) bond motifs is 1. The van der Waals surface area contributed by atoms with Gasteiger partial charge in [-0.2, -0.15) is 28.2 Å². The molecule has 1 aromatic carbocycles. The highest BCUT2D eigenvalue weighted by molar-refractivity contribution is 5.95. The first-order valence-corrected chi connectivity index (χ1v) is 7.04. The molecule has 0 unspecified atom stereocenters. The first kappa shape index (κ1) is 16.4. The van der Waals surface area contributed by atoms with Gasteiger partial charge in [0.25, 0.3) is 0 Å². The van der Waals surface area contributed by atoms with Gasteiger partial charge in [0.1, 0.15) is 11.6 Å². The van der Waals surface area contributed by atoms with Crippen molar-refractivity contribution in [3.05, 3.63) is 47.7 Å². The second kappa shape index (κ2) is 5.90. The van der Waals surface area contributed by atoms with E-state index >= 15 is 0 Å². The van der Waals surface area contributed by atoms with Crippen molar-refractivity contribution in [3.8, 4) is 11.9 Å². The van der Waals surface area contributed by atoms with Crippen molar-refractivity contribution in [2.24, 2.45) is 0 Å². The van der Waals surface area contributed by atoms with E-state index in [1.54, 1.807) is 29.6 Å². The standard InChI is InChI=1S/C16H10F3N5O/c1-9-6-13(22-12-5-3-2-4-11(9)12)24-14(10(7-20)8-21-24)23-15(25)16(17,18)19/h2-6,8H,1H3,(H,23,25). The minimum atomic E-state index is -5.09. The molecule has 0 radical (unpaired) electrons. The number of aromatic nitrogens is 3. The summed E-state index contributed by atoms with van der Waals surface area (Å²) in [4.78, 5) is 15.6. The summed E-state index contributed by atoms with van der Waals surface area (Å²) in [6.45, 7) is 1.82. The van der Waals surface area contributed by atoms with E-state index in [2.05, 4.69) is 10.1 Å². The third kappa shape index (κ3) is 3.01. The Kier molecular flexibility index (Phi) is 3.88. The molecular weight excluding hydrogens is 335 g/mol. The highest BCUT2D eigenvalue weighted by atomic mass is 19.4. The molecule has 3 rings (SSSR count). The molecule has 126 valence electrons. The third-order valence-corrected chi connectivity index (χ3v) is 3.51. The number of carbonyl (C=O) groups excluding carboxylic acids is 1. The van der Waals surface area contributed by atoms with Crippen molar-refractivity contribution in [2.75, 3.05) is 5.32 Å². The molecule has 0 saturated heterocycles. The smallest absolute Gasteiger partial charge is 0.302 e. The number of para-hydroxylation sites is 1. The van der Waals surface area contributed by atoms with Crippen LogP contribution in [0.3, 0.4) is 0 Å². The van der Waals surface area contributed by atoms with Gasteiger partial charge in [0, 0.05) is 5.39 Å². The lowest BCUT2D eigenvalue weighted by atomic mass is 10.1. The third-order valence-electron chi connectivity index (χ3n) is 3.51. The molecule has 1 amide bonds. The molecule has 0 fully saturated rings. The molecule has 0 aliphatic heterocycles. The topological polar surface area (TPSA) is 83.6 Å². The van der Waals surface area contributed by atoms with Gasteiger partial charge in [-0.3, -0.25) is 4.79 Å². The van der Waals surface area contributed by atoms with Crippen molar-refractivity contribution < 1.29 is 18.0 Å². The zero-order valence-corrected chi connectivity index (χ0v) is 12.8. The minimum absolute atomic E-state index is 0.190. The summed E-state index contributed by atoms with van der Waals surface area (Å²) in [5, 5.41) is 15.5. The van der Waals surface area contributed by atoms with Gasteiger partial charge in [-0.15, -0.1) is 0 Å². The van der Waals surface area contributed by atoms with Gasteiger partial charge in [-0.1, -0.05) is 18.2 Å². The van der Waals surface area contributed by atoms with Crippen LogP contribution in [0.4, 0.5) is 19.0 Å². The molecule has 0 aliphatic rings. The van der Waals surface area contributed by atoms with E-state index in [1.807, 2.05) is 19.1 Å². The predicted octanol–water partition coefficient (Wildman–Crippen LogP) is 3.10. The minimum Gasteiger partial charge on any atom is -0.302 e. The van der Waals surface area contributed by atoms with Crippen LogP contribution in [-0.4, -0.2) is 26.8 Å². The number of anilines is 1. The molecule has 0 saturated carbocycles. The molecular formula is C16H10F3N5O. The number of pyridine rings is 1. The number of nitrogens with one attached hydrogen (secondary N) is 1. The van der Waals surface area contributed by atoms with E-state index in [0.29, 0.717) is 5.52 Å². The summed E-state index contributed by atoms with van der Waals surface area (Å²) >= 11 is 0. The monoisotopic (exact) mass is 345 g/mol. The number of amides is 1. The van der Waals surface area contributed by atoms with Crippen LogP contribution in [0.5, 0.6) is 0 Å². The van der Waals surface area contributed by atoms with E-state index in [-0.39, 0.29) is 17.2 Å². The zero-order valence-electron chi connectivity index (χ0n) is 12.8. The lowest BCUT2D eigenvalue weighted by Gasteiger charge is -2.12. The quantitative estimate of drug-likeness (QED) is 0.773. The number of nitrogens with zero attached hydrogens (tertiary/aromatic N) is 4. The maximum absolute atomic E-state index is 12.5. The van der Waals surface area contributed by atoms with E-state index in [4.69, 9.17) is 5.26 Å².